The van der Waals surface area contributed by atoms with Gasteiger partial charge in [0.05, 0.1) is 16.9 Å². The highest BCUT2D eigenvalue weighted by atomic mass is 16.2. The number of carbonyl (C=O) groups excluding carboxylic acids is 1. The molecule has 0 unspecified atom stereocenters. The molecule has 3 aromatic heterocycles. The topological polar surface area (TPSA) is 63.1 Å². The van der Waals surface area contributed by atoms with Crippen molar-refractivity contribution < 1.29 is 4.79 Å². The number of carbonyl (C=O) groups is 1. The Balaban J connectivity index is 1.99. The van der Waals surface area contributed by atoms with Gasteiger partial charge in [-0.3, -0.25) is 9.78 Å². The van der Waals surface area contributed by atoms with E-state index in [0.717, 1.165) is 33.7 Å². The number of hydrogen-bond acceptors (Lipinski definition) is 4. The van der Waals surface area contributed by atoms with Crippen LogP contribution in [-0.2, 0) is 11.3 Å². The number of anilines is 2. The average molecular weight is 323 g/mol. The van der Waals surface area contributed by atoms with Gasteiger partial charge in [-0.25, -0.2) is 4.98 Å². The van der Waals surface area contributed by atoms with Gasteiger partial charge in [0.25, 0.3) is 0 Å². The molecular weight excluding hydrogens is 302 g/mol. The number of aromatic nitrogens is 3. The Hall–Kier alpha value is -2.89. The Morgan fingerprint density at radius 1 is 1.17 bits per heavy atom. The molecule has 124 valence electrons. The largest absolute Gasteiger partial charge is 0.347 e. The van der Waals surface area contributed by atoms with E-state index in [1.807, 2.05) is 42.8 Å². The summed E-state index contributed by atoms with van der Waals surface area (Å²) in [7, 11) is 3.52. The fraction of sp³-hybridized carbons (Fsp3) is 0.278. The van der Waals surface area contributed by atoms with Crippen molar-refractivity contribution in [2.75, 3.05) is 19.4 Å². The minimum absolute atomic E-state index is 0.0535. The highest BCUT2D eigenvalue weighted by molar-refractivity contribution is 5.93. The second kappa shape index (κ2) is 6.31. The first-order valence-corrected chi connectivity index (χ1v) is 7.80. The summed E-state index contributed by atoms with van der Waals surface area (Å²) >= 11 is 0. The number of likely N-dealkylation sites (N-methyl/N-ethyl adjacent to an activating group) is 1. The monoisotopic (exact) mass is 323 g/mol. The van der Waals surface area contributed by atoms with Crippen LogP contribution in [0, 0.1) is 13.8 Å². The number of pyridine rings is 2. The molecule has 1 N–H and O–H groups in total. The van der Waals surface area contributed by atoms with Crippen molar-refractivity contribution >= 4 is 28.3 Å². The zero-order valence-corrected chi connectivity index (χ0v) is 14.4. The molecule has 0 saturated carbocycles. The van der Waals surface area contributed by atoms with Crippen molar-refractivity contribution in [1.82, 2.24) is 19.4 Å². The summed E-state index contributed by atoms with van der Waals surface area (Å²) in [5.41, 5.74) is 3.98. The van der Waals surface area contributed by atoms with E-state index in [-0.39, 0.29) is 5.91 Å². The van der Waals surface area contributed by atoms with Gasteiger partial charge in [-0.2, -0.15) is 0 Å². The van der Waals surface area contributed by atoms with E-state index in [1.54, 1.807) is 31.4 Å². The molecule has 6 heteroatoms. The molecule has 0 aliphatic heterocycles. The standard InChI is InChI=1S/C18H21N5O/c1-12-5-8-19-13(2)17(12)21-18-14-7-10-23(11-16(24)22(3)4)15(14)6-9-20-18/h5-10H,11H2,1-4H3,(H,20,21). The van der Waals surface area contributed by atoms with Gasteiger partial charge in [-0.15, -0.1) is 0 Å². The second-order valence-electron chi connectivity index (χ2n) is 6.04. The minimum Gasteiger partial charge on any atom is -0.347 e. The smallest absolute Gasteiger partial charge is 0.241 e. The Bertz CT molecular complexity index is 877. The lowest BCUT2D eigenvalue weighted by Gasteiger charge is -2.13. The van der Waals surface area contributed by atoms with Gasteiger partial charge in [-0.1, -0.05) is 0 Å². The molecule has 0 saturated heterocycles. The number of aryl methyl sites for hydroxylation is 2. The molecule has 0 spiro atoms. The van der Waals surface area contributed by atoms with Crippen LogP contribution in [0.25, 0.3) is 10.9 Å². The third-order valence-electron chi connectivity index (χ3n) is 4.09. The molecular formula is C18H21N5O. The minimum atomic E-state index is 0.0535. The normalized spacial score (nSPS) is 10.8. The molecule has 0 aliphatic carbocycles. The lowest BCUT2D eigenvalue weighted by molar-refractivity contribution is -0.129. The zero-order chi connectivity index (χ0) is 17.3. The van der Waals surface area contributed by atoms with Crippen molar-refractivity contribution in [3.05, 3.63) is 48.0 Å². The summed E-state index contributed by atoms with van der Waals surface area (Å²) in [5, 5.41) is 4.37. The number of amides is 1. The molecule has 0 atom stereocenters. The molecule has 3 heterocycles. The fourth-order valence-corrected chi connectivity index (χ4v) is 2.65. The summed E-state index contributed by atoms with van der Waals surface area (Å²) in [6.45, 7) is 4.32. The number of nitrogens with one attached hydrogen (secondary N) is 1. The van der Waals surface area contributed by atoms with Crippen molar-refractivity contribution in [1.29, 1.82) is 0 Å². The summed E-state index contributed by atoms with van der Waals surface area (Å²) in [6, 6.07) is 5.87. The van der Waals surface area contributed by atoms with Crippen molar-refractivity contribution in [3.63, 3.8) is 0 Å². The first kappa shape index (κ1) is 16.0. The lowest BCUT2D eigenvalue weighted by Crippen LogP contribution is -2.25. The van der Waals surface area contributed by atoms with Gasteiger partial charge in [0.2, 0.25) is 5.91 Å². The lowest BCUT2D eigenvalue weighted by atomic mass is 10.2. The van der Waals surface area contributed by atoms with E-state index in [4.69, 9.17) is 0 Å². The van der Waals surface area contributed by atoms with Crippen molar-refractivity contribution in [2.45, 2.75) is 20.4 Å². The number of nitrogens with zero attached hydrogens (tertiary/aromatic N) is 4. The highest BCUT2D eigenvalue weighted by Crippen LogP contribution is 2.28. The third kappa shape index (κ3) is 2.95. The van der Waals surface area contributed by atoms with Crippen LogP contribution in [0.4, 0.5) is 11.5 Å². The van der Waals surface area contributed by atoms with Crippen LogP contribution in [-0.4, -0.2) is 39.4 Å². The van der Waals surface area contributed by atoms with Crippen LogP contribution in [0.1, 0.15) is 11.3 Å². The van der Waals surface area contributed by atoms with Crippen LogP contribution in [0.5, 0.6) is 0 Å². The molecule has 0 bridgehead atoms. The number of fused-ring (bicyclic) bond motifs is 1. The molecule has 0 aromatic carbocycles. The maximum Gasteiger partial charge on any atom is 0.241 e. The van der Waals surface area contributed by atoms with Crippen LogP contribution in [0.3, 0.4) is 0 Å². The Kier molecular flexibility index (Phi) is 4.20. The van der Waals surface area contributed by atoms with Gasteiger partial charge < -0.3 is 14.8 Å². The number of hydrogen-bond donors (Lipinski definition) is 1. The van der Waals surface area contributed by atoms with E-state index in [9.17, 15) is 4.79 Å². The summed E-state index contributed by atoms with van der Waals surface area (Å²) in [5.74, 6) is 0.820. The Labute approximate surface area is 141 Å². The zero-order valence-electron chi connectivity index (χ0n) is 14.4. The molecule has 24 heavy (non-hydrogen) atoms. The first-order valence-electron chi connectivity index (χ1n) is 7.80. The van der Waals surface area contributed by atoms with Crippen molar-refractivity contribution in [3.8, 4) is 0 Å². The summed E-state index contributed by atoms with van der Waals surface area (Å²) < 4.78 is 1.94. The maximum absolute atomic E-state index is 12.0. The molecule has 3 rings (SSSR count). The van der Waals surface area contributed by atoms with Crippen LogP contribution < -0.4 is 5.32 Å². The fourth-order valence-electron chi connectivity index (χ4n) is 2.65. The third-order valence-corrected chi connectivity index (χ3v) is 4.09. The Morgan fingerprint density at radius 3 is 2.62 bits per heavy atom. The second-order valence-corrected chi connectivity index (χ2v) is 6.04. The van der Waals surface area contributed by atoms with E-state index in [1.165, 1.54) is 0 Å². The Morgan fingerprint density at radius 2 is 1.92 bits per heavy atom. The van der Waals surface area contributed by atoms with Crippen LogP contribution in [0.2, 0.25) is 0 Å². The number of rotatable bonds is 4. The van der Waals surface area contributed by atoms with E-state index in [0.29, 0.717) is 6.54 Å². The summed E-state index contributed by atoms with van der Waals surface area (Å²) in [6.07, 6.45) is 5.47. The SMILES string of the molecule is Cc1ccnc(C)c1Nc1nccc2c1ccn2CC(=O)N(C)C. The van der Waals surface area contributed by atoms with Crippen molar-refractivity contribution in [2.24, 2.45) is 0 Å². The molecule has 0 aliphatic rings. The van der Waals surface area contributed by atoms with Gasteiger partial charge >= 0.3 is 0 Å². The molecule has 6 nitrogen and oxygen atoms in total. The van der Waals surface area contributed by atoms with E-state index < -0.39 is 0 Å². The van der Waals surface area contributed by atoms with Crippen LogP contribution >= 0.6 is 0 Å². The average Bonchev–Trinajstić information content (AvgIpc) is 2.95. The van der Waals surface area contributed by atoms with Gasteiger partial charge in [0, 0.05) is 38.1 Å². The maximum atomic E-state index is 12.0. The molecule has 3 aromatic rings. The molecule has 0 fully saturated rings. The summed E-state index contributed by atoms with van der Waals surface area (Å²) in [4.78, 5) is 22.4. The van der Waals surface area contributed by atoms with Gasteiger partial charge in [0.1, 0.15) is 12.4 Å². The molecule has 0 radical (unpaired) electrons. The van der Waals surface area contributed by atoms with Gasteiger partial charge in [-0.05, 0) is 37.6 Å². The first-order chi connectivity index (χ1) is 11.5. The van der Waals surface area contributed by atoms with E-state index >= 15 is 0 Å². The van der Waals surface area contributed by atoms with Crippen LogP contribution in [0.15, 0.2) is 36.8 Å². The quantitative estimate of drug-likeness (QED) is 0.802. The predicted octanol–water partition coefficient (Wildman–Crippen LogP) is 2.88. The highest BCUT2D eigenvalue weighted by Gasteiger charge is 2.12. The van der Waals surface area contributed by atoms with E-state index in [2.05, 4.69) is 15.3 Å². The molecule has 1 amide bonds. The predicted molar refractivity (Wildman–Crippen MR) is 95.4 cm³/mol. The van der Waals surface area contributed by atoms with Gasteiger partial charge in [0.15, 0.2) is 0 Å².